The third-order valence-electron chi connectivity index (χ3n) is 3.56. The first-order chi connectivity index (χ1) is 8.22. The summed E-state index contributed by atoms with van der Waals surface area (Å²) in [5.74, 6) is 0.756. The molecular weight excluding hydrogens is 210 g/mol. The molecule has 0 aliphatic heterocycles. The summed E-state index contributed by atoms with van der Waals surface area (Å²) < 4.78 is 2.25. The van der Waals surface area contributed by atoms with E-state index in [1.807, 2.05) is 12.5 Å². The number of hydrogen-bond donors (Lipinski definition) is 1. The van der Waals surface area contributed by atoms with Crippen LogP contribution in [0.15, 0.2) is 12.5 Å². The molecule has 2 atom stereocenters. The van der Waals surface area contributed by atoms with E-state index < -0.39 is 0 Å². The third kappa shape index (κ3) is 4.15. The SMILES string of the molecule is CCCCC(CC)Cn1cncc1[C@H](N)CC. The fourth-order valence-corrected chi connectivity index (χ4v) is 2.20. The molecule has 3 nitrogen and oxygen atoms in total. The van der Waals surface area contributed by atoms with Crippen LogP contribution < -0.4 is 5.73 Å². The lowest BCUT2D eigenvalue weighted by Crippen LogP contribution is -2.17. The Balaban J connectivity index is 2.62. The molecule has 0 radical (unpaired) electrons. The Hall–Kier alpha value is -0.830. The van der Waals surface area contributed by atoms with Gasteiger partial charge in [-0.1, -0.05) is 40.0 Å². The molecule has 0 spiro atoms. The van der Waals surface area contributed by atoms with Crippen molar-refractivity contribution in [1.82, 2.24) is 9.55 Å². The molecule has 2 N–H and O–H groups in total. The van der Waals surface area contributed by atoms with Crippen molar-refractivity contribution in [3.05, 3.63) is 18.2 Å². The zero-order valence-electron chi connectivity index (χ0n) is 11.5. The van der Waals surface area contributed by atoms with E-state index in [9.17, 15) is 0 Å². The zero-order valence-corrected chi connectivity index (χ0v) is 11.5. The van der Waals surface area contributed by atoms with Gasteiger partial charge in [0.25, 0.3) is 0 Å². The first-order valence-corrected chi connectivity index (χ1v) is 6.98. The van der Waals surface area contributed by atoms with Crippen LogP contribution in [-0.4, -0.2) is 9.55 Å². The van der Waals surface area contributed by atoms with Gasteiger partial charge in [0, 0.05) is 18.8 Å². The van der Waals surface area contributed by atoms with Crippen molar-refractivity contribution >= 4 is 0 Å². The average Bonchev–Trinajstić information content (AvgIpc) is 2.81. The topological polar surface area (TPSA) is 43.8 Å². The highest BCUT2D eigenvalue weighted by Gasteiger charge is 2.13. The van der Waals surface area contributed by atoms with E-state index in [0.717, 1.165) is 18.9 Å². The van der Waals surface area contributed by atoms with Crippen molar-refractivity contribution < 1.29 is 0 Å². The second-order valence-corrected chi connectivity index (χ2v) is 4.90. The van der Waals surface area contributed by atoms with Crippen LogP contribution in [0.1, 0.15) is 64.6 Å². The minimum atomic E-state index is 0.126. The van der Waals surface area contributed by atoms with Crippen LogP contribution in [0.25, 0.3) is 0 Å². The monoisotopic (exact) mass is 237 g/mol. The van der Waals surface area contributed by atoms with Crippen LogP contribution in [0.2, 0.25) is 0 Å². The number of aromatic nitrogens is 2. The van der Waals surface area contributed by atoms with E-state index >= 15 is 0 Å². The summed E-state index contributed by atoms with van der Waals surface area (Å²) in [5.41, 5.74) is 7.28. The molecule has 0 bridgehead atoms. The minimum Gasteiger partial charge on any atom is -0.333 e. The van der Waals surface area contributed by atoms with E-state index in [0.29, 0.717) is 0 Å². The van der Waals surface area contributed by atoms with E-state index in [1.54, 1.807) is 0 Å². The Morgan fingerprint density at radius 1 is 1.29 bits per heavy atom. The van der Waals surface area contributed by atoms with Gasteiger partial charge in [-0.25, -0.2) is 4.98 Å². The van der Waals surface area contributed by atoms with Gasteiger partial charge in [-0.15, -0.1) is 0 Å². The van der Waals surface area contributed by atoms with Crippen LogP contribution in [0.5, 0.6) is 0 Å². The molecule has 1 aromatic heterocycles. The fourth-order valence-electron chi connectivity index (χ4n) is 2.20. The van der Waals surface area contributed by atoms with Crippen molar-refractivity contribution in [2.75, 3.05) is 0 Å². The summed E-state index contributed by atoms with van der Waals surface area (Å²) >= 11 is 0. The number of unbranched alkanes of at least 4 members (excludes halogenated alkanes) is 1. The average molecular weight is 237 g/mol. The predicted molar refractivity (Wildman–Crippen MR) is 72.8 cm³/mol. The summed E-state index contributed by atoms with van der Waals surface area (Å²) in [4.78, 5) is 4.24. The van der Waals surface area contributed by atoms with Crippen molar-refractivity contribution in [1.29, 1.82) is 0 Å². The van der Waals surface area contributed by atoms with Crippen molar-refractivity contribution in [2.24, 2.45) is 11.7 Å². The lowest BCUT2D eigenvalue weighted by molar-refractivity contribution is 0.381. The smallest absolute Gasteiger partial charge is 0.0948 e. The van der Waals surface area contributed by atoms with Gasteiger partial charge in [-0.2, -0.15) is 0 Å². The molecule has 1 aromatic rings. The van der Waals surface area contributed by atoms with Gasteiger partial charge >= 0.3 is 0 Å². The third-order valence-corrected chi connectivity index (χ3v) is 3.56. The lowest BCUT2D eigenvalue weighted by Gasteiger charge is -2.19. The maximum Gasteiger partial charge on any atom is 0.0948 e. The molecular formula is C14H27N3. The summed E-state index contributed by atoms with van der Waals surface area (Å²) in [6, 6.07) is 0.126. The summed E-state index contributed by atoms with van der Waals surface area (Å²) in [7, 11) is 0. The quantitative estimate of drug-likeness (QED) is 0.752. The lowest BCUT2D eigenvalue weighted by atomic mass is 9.99. The summed E-state index contributed by atoms with van der Waals surface area (Å²) in [5, 5.41) is 0. The molecule has 0 saturated carbocycles. The van der Waals surface area contributed by atoms with Crippen LogP contribution in [0, 0.1) is 5.92 Å². The molecule has 3 heteroatoms. The van der Waals surface area contributed by atoms with Crippen LogP contribution >= 0.6 is 0 Å². The first-order valence-electron chi connectivity index (χ1n) is 6.98. The van der Waals surface area contributed by atoms with Crippen molar-refractivity contribution in [3.63, 3.8) is 0 Å². The second kappa shape index (κ2) is 7.49. The molecule has 98 valence electrons. The van der Waals surface area contributed by atoms with Gasteiger partial charge in [0.2, 0.25) is 0 Å². The molecule has 1 rings (SSSR count). The Morgan fingerprint density at radius 2 is 2.06 bits per heavy atom. The first kappa shape index (κ1) is 14.2. The molecule has 17 heavy (non-hydrogen) atoms. The zero-order chi connectivity index (χ0) is 12.7. The van der Waals surface area contributed by atoms with Gasteiger partial charge in [-0.3, -0.25) is 0 Å². The second-order valence-electron chi connectivity index (χ2n) is 4.90. The number of rotatable bonds is 8. The number of hydrogen-bond acceptors (Lipinski definition) is 2. The molecule has 0 aliphatic rings. The van der Waals surface area contributed by atoms with Gasteiger partial charge in [0.1, 0.15) is 0 Å². The minimum absolute atomic E-state index is 0.126. The Morgan fingerprint density at radius 3 is 2.65 bits per heavy atom. The fraction of sp³-hybridized carbons (Fsp3) is 0.786. The van der Waals surface area contributed by atoms with Gasteiger partial charge in [0.05, 0.1) is 12.0 Å². The Labute approximate surface area is 105 Å². The number of nitrogens with zero attached hydrogens (tertiary/aromatic N) is 2. The Kier molecular flexibility index (Phi) is 6.27. The molecule has 1 unspecified atom stereocenters. The summed E-state index contributed by atoms with van der Waals surface area (Å²) in [6.07, 6.45) is 9.96. The normalized spacial score (nSPS) is 14.8. The van der Waals surface area contributed by atoms with Crippen LogP contribution in [0.3, 0.4) is 0 Å². The van der Waals surface area contributed by atoms with E-state index in [1.165, 1.54) is 31.4 Å². The summed E-state index contributed by atoms with van der Waals surface area (Å²) in [6.45, 7) is 7.72. The largest absolute Gasteiger partial charge is 0.333 e. The highest BCUT2D eigenvalue weighted by atomic mass is 15.1. The highest BCUT2D eigenvalue weighted by molar-refractivity contribution is 5.04. The molecule has 0 fully saturated rings. The predicted octanol–water partition coefficient (Wildman–Crippen LogP) is 3.51. The van der Waals surface area contributed by atoms with E-state index in [2.05, 4.69) is 30.3 Å². The molecule has 0 saturated heterocycles. The van der Waals surface area contributed by atoms with E-state index in [-0.39, 0.29) is 6.04 Å². The maximum absolute atomic E-state index is 6.10. The molecule has 0 aliphatic carbocycles. The van der Waals surface area contributed by atoms with E-state index in [4.69, 9.17) is 5.73 Å². The number of imidazole rings is 1. The van der Waals surface area contributed by atoms with Crippen LogP contribution in [-0.2, 0) is 6.54 Å². The standard InChI is InChI=1S/C14H27N3/c1-4-7-8-12(5-2)10-17-11-16-9-14(17)13(15)6-3/h9,11-13H,4-8,10,15H2,1-3H3/t12?,13-/m1/s1. The molecule has 0 aromatic carbocycles. The Bertz CT molecular complexity index is 306. The molecule has 0 amide bonds. The number of nitrogens with two attached hydrogens (primary N) is 1. The molecule has 1 heterocycles. The van der Waals surface area contributed by atoms with Gasteiger partial charge < -0.3 is 10.3 Å². The van der Waals surface area contributed by atoms with Gasteiger partial charge in [-0.05, 0) is 18.8 Å². The van der Waals surface area contributed by atoms with Crippen LogP contribution in [0.4, 0.5) is 0 Å². The van der Waals surface area contributed by atoms with Crippen molar-refractivity contribution in [2.45, 2.75) is 65.5 Å². The van der Waals surface area contributed by atoms with Gasteiger partial charge in [0.15, 0.2) is 0 Å². The maximum atomic E-state index is 6.10. The van der Waals surface area contributed by atoms with Crippen molar-refractivity contribution in [3.8, 4) is 0 Å². The highest BCUT2D eigenvalue weighted by Crippen LogP contribution is 2.19.